The number of nitrogens with one attached hydrogen (secondary N) is 1. The highest BCUT2D eigenvalue weighted by atomic mass is 16.5. The van der Waals surface area contributed by atoms with Gasteiger partial charge in [0, 0.05) is 25.7 Å². The molecule has 0 aliphatic carbocycles. The minimum Gasteiger partial charge on any atom is -0.381 e. The normalized spacial score (nSPS) is 35.8. The Bertz CT molecular complexity index is 169. The van der Waals surface area contributed by atoms with Gasteiger partial charge in [-0.05, 0) is 38.8 Å². The van der Waals surface area contributed by atoms with E-state index in [1.54, 1.807) is 0 Å². The average molecular weight is 198 g/mol. The highest BCUT2D eigenvalue weighted by Gasteiger charge is 2.22. The molecule has 3 heteroatoms. The van der Waals surface area contributed by atoms with Gasteiger partial charge in [0.25, 0.3) is 0 Å². The second kappa shape index (κ2) is 5.10. The van der Waals surface area contributed by atoms with E-state index in [4.69, 9.17) is 4.74 Å². The van der Waals surface area contributed by atoms with Crippen LogP contribution in [0, 0.1) is 5.92 Å². The van der Waals surface area contributed by atoms with Crippen molar-refractivity contribution in [3.63, 3.8) is 0 Å². The summed E-state index contributed by atoms with van der Waals surface area (Å²) in [6, 6.07) is 0.693. The van der Waals surface area contributed by atoms with E-state index in [1.165, 1.54) is 32.5 Å². The predicted molar refractivity (Wildman–Crippen MR) is 57.4 cm³/mol. The Morgan fingerprint density at radius 2 is 2.43 bits per heavy atom. The summed E-state index contributed by atoms with van der Waals surface area (Å²) in [5.74, 6) is 0.788. The van der Waals surface area contributed by atoms with Gasteiger partial charge in [-0.15, -0.1) is 0 Å². The Morgan fingerprint density at radius 3 is 3.21 bits per heavy atom. The molecular formula is C11H22N2O. The fourth-order valence-corrected chi connectivity index (χ4v) is 2.40. The molecule has 2 aliphatic rings. The van der Waals surface area contributed by atoms with Gasteiger partial charge in [-0.2, -0.15) is 0 Å². The molecule has 0 aromatic rings. The maximum absolute atomic E-state index is 5.42. The number of hydrogen-bond acceptors (Lipinski definition) is 3. The number of ether oxygens (including phenoxy) is 1. The number of nitrogens with zero attached hydrogens (tertiary/aromatic N) is 1. The van der Waals surface area contributed by atoms with Crippen LogP contribution in [0.3, 0.4) is 0 Å². The van der Waals surface area contributed by atoms with Gasteiger partial charge in [0.1, 0.15) is 0 Å². The summed E-state index contributed by atoms with van der Waals surface area (Å²) in [6.07, 6.45) is 2.55. The summed E-state index contributed by atoms with van der Waals surface area (Å²) in [4.78, 5) is 2.62. The van der Waals surface area contributed by atoms with Crippen LogP contribution in [0.2, 0.25) is 0 Å². The van der Waals surface area contributed by atoms with Gasteiger partial charge < -0.3 is 10.1 Å². The van der Waals surface area contributed by atoms with E-state index in [9.17, 15) is 0 Å². The number of rotatable bonds is 2. The lowest BCUT2D eigenvalue weighted by atomic mass is 10.1. The van der Waals surface area contributed by atoms with Crippen molar-refractivity contribution in [3.8, 4) is 0 Å². The van der Waals surface area contributed by atoms with Crippen LogP contribution in [0.15, 0.2) is 0 Å². The van der Waals surface area contributed by atoms with E-state index in [-0.39, 0.29) is 0 Å². The molecule has 0 amide bonds. The van der Waals surface area contributed by atoms with Gasteiger partial charge >= 0.3 is 0 Å². The molecule has 0 spiro atoms. The summed E-state index contributed by atoms with van der Waals surface area (Å²) in [7, 11) is 0. The molecule has 82 valence electrons. The van der Waals surface area contributed by atoms with Gasteiger partial charge in [0.15, 0.2) is 0 Å². The predicted octanol–water partition coefficient (Wildman–Crippen LogP) is 0.707. The molecule has 2 heterocycles. The zero-order chi connectivity index (χ0) is 9.80. The van der Waals surface area contributed by atoms with Crippen LogP contribution in [0.1, 0.15) is 19.8 Å². The summed E-state index contributed by atoms with van der Waals surface area (Å²) in [5.41, 5.74) is 0. The van der Waals surface area contributed by atoms with Gasteiger partial charge in [-0.3, -0.25) is 4.90 Å². The van der Waals surface area contributed by atoms with Crippen molar-refractivity contribution in [3.05, 3.63) is 0 Å². The first-order valence-electron chi connectivity index (χ1n) is 5.89. The Morgan fingerprint density at radius 1 is 1.50 bits per heavy atom. The van der Waals surface area contributed by atoms with Crippen molar-refractivity contribution in [1.29, 1.82) is 0 Å². The molecule has 2 saturated heterocycles. The fourth-order valence-electron chi connectivity index (χ4n) is 2.40. The van der Waals surface area contributed by atoms with Crippen molar-refractivity contribution >= 4 is 0 Å². The van der Waals surface area contributed by atoms with Crippen molar-refractivity contribution in [2.45, 2.75) is 25.8 Å². The second-order valence-corrected chi connectivity index (χ2v) is 4.63. The standard InChI is InChI=1S/C11H22N2O/c1-10-7-12-4-2-5-13(10)8-11-3-6-14-9-11/h10-12H,2-9H2,1H3. The molecule has 2 rings (SSSR count). The zero-order valence-corrected chi connectivity index (χ0v) is 9.17. The minimum absolute atomic E-state index is 0.693. The van der Waals surface area contributed by atoms with E-state index in [2.05, 4.69) is 17.1 Å². The van der Waals surface area contributed by atoms with E-state index >= 15 is 0 Å². The molecule has 1 N–H and O–H groups in total. The van der Waals surface area contributed by atoms with Crippen molar-refractivity contribution < 1.29 is 4.74 Å². The number of hydrogen-bond donors (Lipinski definition) is 1. The van der Waals surface area contributed by atoms with Crippen LogP contribution < -0.4 is 5.32 Å². The van der Waals surface area contributed by atoms with E-state index in [1.807, 2.05) is 0 Å². The van der Waals surface area contributed by atoms with Crippen LogP contribution in [-0.2, 0) is 4.74 Å². The molecule has 2 unspecified atom stereocenters. The smallest absolute Gasteiger partial charge is 0.0507 e. The van der Waals surface area contributed by atoms with Gasteiger partial charge in [-0.25, -0.2) is 0 Å². The summed E-state index contributed by atoms with van der Waals surface area (Å²) >= 11 is 0. The monoisotopic (exact) mass is 198 g/mol. The summed E-state index contributed by atoms with van der Waals surface area (Å²) in [6.45, 7) is 9.11. The van der Waals surface area contributed by atoms with Crippen LogP contribution >= 0.6 is 0 Å². The lowest BCUT2D eigenvalue weighted by molar-refractivity contribution is 0.153. The van der Waals surface area contributed by atoms with E-state index in [0.717, 1.165) is 25.7 Å². The zero-order valence-electron chi connectivity index (χ0n) is 9.17. The molecule has 2 fully saturated rings. The van der Waals surface area contributed by atoms with Crippen molar-refractivity contribution in [1.82, 2.24) is 10.2 Å². The SMILES string of the molecule is CC1CNCCCN1CC1CCOC1. The lowest BCUT2D eigenvalue weighted by Gasteiger charge is -2.28. The molecule has 2 aliphatic heterocycles. The van der Waals surface area contributed by atoms with Gasteiger partial charge in [0.05, 0.1) is 6.61 Å². The van der Waals surface area contributed by atoms with Crippen LogP contribution in [0.25, 0.3) is 0 Å². The third-order valence-corrected chi connectivity index (χ3v) is 3.38. The highest BCUT2D eigenvalue weighted by molar-refractivity contribution is 4.77. The van der Waals surface area contributed by atoms with E-state index < -0.39 is 0 Å². The molecule has 0 aromatic carbocycles. The largest absolute Gasteiger partial charge is 0.381 e. The van der Waals surface area contributed by atoms with Crippen LogP contribution in [0.4, 0.5) is 0 Å². The quantitative estimate of drug-likeness (QED) is 0.707. The Hall–Kier alpha value is -0.120. The topological polar surface area (TPSA) is 24.5 Å². The first-order chi connectivity index (χ1) is 6.86. The average Bonchev–Trinajstić information content (AvgIpc) is 2.60. The summed E-state index contributed by atoms with van der Waals surface area (Å²) in [5, 5.41) is 3.48. The molecule has 0 saturated carbocycles. The molecule has 0 radical (unpaired) electrons. The van der Waals surface area contributed by atoms with Crippen molar-refractivity contribution in [2.24, 2.45) is 5.92 Å². The van der Waals surface area contributed by atoms with Crippen LogP contribution in [0.5, 0.6) is 0 Å². The maximum Gasteiger partial charge on any atom is 0.0507 e. The van der Waals surface area contributed by atoms with E-state index in [0.29, 0.717) is 6.04 Å². The molecule has 2 atom stereocenters. The Balaban J connectivity index is 1.81. The molecule has 0 aromatic heterocycles. The molecule has 0 bridgehead atoms. The van der Waals surface area contributed by atoms with Gasteiger partial charge in [-0.1, -0.05) is 0 Å². The first-order valence-corrected chi connectivity index (χ1v) is 5.89. The second-order valence-electron chi connectivity index (χ2n) is 4.63. The molecule has 14 heavy (non-hydrogen) atoms. The molecular weight excluding hydrogens is 176 g/mol. The molecule has 3 nitrogen and oxygen atoms in total. The fraction of sp³-hybridized carbons (Fsp3) is 1.00. The summed E-state index contributed by atoms with van der Waals surface area (Å²) < 4.78 is 5.42. The maximum atomic E-state index is 5.42. The van der Waals surface area contributed by atoms with Crippen molar-refractivity contribution in [2.75, 3.05) is 39.4 Å². The Kier molecular flexibility index (Phi) is 3.79. The van der Waals surface area contributed by atoms with Crippen LogP contribution in [-0.4, -0.2) is 50.3 Å². The lowest BCUT2D eigenvalue weighted by Crippen LogP contribution is -2.40. The third-order valence-electron chi connectivity index (χ3n) is 3.38. The Labute approximate surface area is 86.8 Å². The van der Waals surface area contributed by atoms with Gasteiger partial charge in [0.2, 0.25) is 0 Å². The highest BCUT2D eigenvalue weighted by Crippen LogP contribution is 2.16. The first kappa shape index (κ1) is 10.4. The minimum atomic E-state index is 0.693. The third kappa shape index (κ3) is 2.69.